The number of para-hydroxylation sites is 1. The van der Waals surface area contributed by atoms with Gasteiger partial charge in [0.05, 0.1) is 11.8 Å². The third kappa shape index (κ3) is 1.08. The van der Waals surface area contributed by atoms with E-state index in [1.165, 1.54) is 16.9 Å². The molecule has 0 aliphatic rings. The van der Waals surface area contributed by atoms with Crippen LogP contribution in [0.3, 0.4) is 0 Å². The predicted octanol–water partition coefficient (Wildman–Crippen LogP) is 1.62. The minimum Gasteiger partial charge on any atom is -0.506 e. The summed E-state index contributed by atoms with van der Waals surface area (Å²) >= 11 is 0. The number of phenolic OH excluding ortho intramolecular Hbond substituents is 1. The lowest BCUT2D eigenvalue weighted by Gasteiger charge is -1.98. The first-order chi connectivity index (χ1) is 7.77. The molecule has 2 N–H and O–H groups in total. The summed E-state index contributed by atoms with van der Waals surface area (Å²) in [6.07, 6.45) is 1.49. The van der Waals surface area contributed by atoms with Crippen LogP contribution in [0.5, 0.6) is 5.75 Å². The first kappa shape index (κ1) is 8.84. The maximum atomic E-state index is 11.7. The van der Waals surface area contributed by atoms with Crippen LogP contribution in [-0.4, -0.2) is 14.7 Å². The van der Waals surface area contributed by atoms with Crippen LogP contribution in [0.4, 0.5) is 0 Å². The average Bonchev–Trinajstić information content (AvgIpc) is 2.85. The van der Waals surface area contributed by atoms with Gasteiger partial charge < -0.3 is 14.5 Å². The van der Waals surface area contributed by atoms with Crippen molar-refractivity contribution in [3.05, 3.63) is 47.1 Å². The molecule has 80 valence electrons. The first-order valence-corrected chi connectivity index (χ1v) is 4.74. The lowest BCUT2D eigenvalue weighted by atomic mass is 10.3. The van der Waals surface area contributed by atoms with Crippen molar-refractivity contribution in [1.82, 2.24) is 9.55 Å². The highest BCUT2D eigenvalue weighted by Crippen LogP contribution is 2.23. The Kier molecular flexibility index (Phi) is 1.67. The molecule has 0 atom stereocenters. The molecule has 0 radical (unpaired) electrons. The highest BCUT2D eigenvalue weighted by atomic mass is 16.3. The van der Waals surface area contributed by atoms with E-state index in [0.717, 1.165) is 0 Å². The Balaban J connectivity index is 2.46. The maximum Gasteiger partial charge on any atom is 0.333 e. The molecular formula is C11H8N2O3. The highest BCUT2D eigenvalue weighted by molar-refractivity contribution is 5.82. The van der Waals surface area contributed by atoms with Crippen molar-refractivity contribution < 1.29 is 9.52 Å². The van der Waals surface area contributed by atoms with Crippen molar-refractivity contribution in [2.75, 3.05) is 0 Å². The average molecular weight is 216 g/mol. The number of nitrogens with zero attached hydrogens (tertiary/aromatic N) is 1. The van der Waals surface area contributed by atoms with Crippen LogP contribution in [0.15, 0.2) is 45.8 Å². The van der Waals surface area contributed by atoms with Gasteiger partial charge >= 0.3 is 5.69 Å². The lowest BCUT2D eigenvalue weighted by Crippen LogP contribution is -2.13. The van der Waals surface area contributed by atoms with Gasteiger partial charge in [-0.15, -0.1) is 0 Å². The minimum atomic E-state index is -0.341. The van der Waals surface area contributed by atoms with E-state index < -0.39 is 0 Å². The number of phenols is 1. The van der Waals surface area contributed by atoms with Crippen molar-refractivity contribution in [3.63, 3.8) is 0 Å². The van der Waals surface area contributed by atoms with Crippen LogP contribution in [-0.2, 0) is 0 Å². The van der Waals surface area contributed by atoms with Crippen molar-refractivity contribution in [2.24, 2.45) is 0 Å². The number of aromatic hydroxyl groups is 1. The number of hydrogen-bond acceptors (Lipinski definition) is 3. The third-order valence-corrected chi connectivity index (χ3v) is 2.42. The molecule has 3 aromatic rings. The third-order valence-electron chi connectivity index (χ3n) is 2.42. The number of H-pyrrole nitrogens is 1. The Morgan fingerprint density at radius 3 is 2.88 bits per heavy atom. The van der Waals surface area contributed by atoms with Gasteiger partial charge in [-0.25, -0.2) is 9.36 Å². The van der Waals surface area contributed by atoms with Crippen molar-refractivity contribution in [2.45, 2.75) is 0 Å². The molecular weight excluding hydrogens is 208 g/mol. The summed E-state index contributed by atoms with van der Waals surface area (Å²) < 4.78 is 6.54. The molecule has 0 aliphatic carbocycles. The number of aromatic nitrogens is 2. The number of hydrogen-bond donors (Lipinski definition) is 2. The molecule has 5 nitrogen and oxygen atoms in total. The first-order valence-electron chi connectivity index (χ1n) is 4.74. The Morgan fingerprint density at radius 1 is 1.25 bits per heavy atom. The quantitative estimate of drug-likeness (QED) is 0.649. The van der Waals surface area contributed by atoms with Crippen LogP contribution in [0.25, 0.3) is 16.9 Å². The molecule has 0 fully saturated rings. The summed E-state index contributed by atoms with van der Waals surface area (Å²) in [6, 6.07) is 8.30. The predicted molar refractivity (Wildman–Crippen MR) is 57.8 cm³/mol. The van der Waals surface area contributed by atoms with E-state index in [0.29, 0.717) is 16.9 Å². The van der Waals surface area contributed by atoms with Gasteiger partial charge in [-0.2, -0.15) is 0 Å². The summed E-state index contributed by atoms with van der Waals surface area (Å²) in [4.78, 5) is 14.3. The molecule has 3 rings (SSSR count). The largest absolute Gasteiger partial charge is 0.506 e. The number of fused-ring (bicyclic) bond motifs is 1. The van der Waals surface area contributed by atoms with Gasteiger partial charge in [-0.1, -0.05) is 6.07 Å². The van der Waals surface area contributed by atoms with E-state index in [9.17, 15) is 9.90 Å². The van der Waals surface area contributed by atoms with Crippen molar-refractivity contribution in [1.29, 1.82) is 0 Å². The maximum absolute atomic E-state index is 11.7. The monoisotopic (exact) mass is 216 g/mol. The Hall–Kier alpha value is -2.43. The normalized spacial score (nSPS) is 11.0. The smallest absolute Gasteiger partial charge is 0.333 e. The molecule has 0 spiro atoms. The fraction of sp³-hybridized carbons (Fsp3) is 0. The Bertz CT molecular complexity index is 692. The molecule has 2 aromatic heterocycles. The van der Waals surface area contributed by atoms with E-state index in [4.69, 9.17) is 4.42 Å². The van der Waals surface area contributed by atoms with E-state index >= 15 is 0 Å². The van der Waals surface area contributed by atoms with Crippen molar-refractivity contribution in [3.8, 4) is 11.6 Å². The van der Waals surface area contributed by atoms with E-state index in [-0.39, 0.29) is 11.4 Å². The zero-order valence-electron chi connectivity index (χ0n) is 8.18. The summed E-state index contributed by atoms with van der Waals surface area (Å²) in [5, 5.41) is 9.59. The fourth-order valence-corrected chi connectivity index (χ4v) is 1.73. The summed E-state index contributed by atoms with van der Waals surface area (Å²) in [5.41, 5.74) is 0.648. The molecule has 16 heavy (non-hydrogen) atoms. The van der Waals surface area contributed by atoms with Gasteiger partial charge in [0.25, 0.3) is 0 Å². The minimum absolute atomic E-state index is 0.0416. The Labute approximate surface area is 89.6 Å². The molecule has 0 saturated carbocycles. The second-order valence-corrected chi connectivity index (χ2v) is 3.39. The van der Waals surface area contributed by atoms with E-state index in [2.05, 4.69) is 4.98 Å². The molecule has 5 heteroatoms. The topological polar surface area (TPSA) is 71.2 Å². The summed E-state index contributed by atoms with van der Waals surface area (Å²) in [6.45, 7) is 0. The number of benzene rings is 1. The fourth-order valence-electron chi connectivity index (χ4n) is 1.73. The van der Waals surface area contributed by atoms with Gasteiger partial charge in [-0.05, 0) is 18.2 Å². The molecule has 0 amide bonds. The number of rotatable bonds is 1. The van der Waals surface area contributed by atoms with Crippen LogP contribution < -0.4 is 5.69 Å². The summed E-state index contributed by atoms with van der Waals surface area (Å²) in [7, 11) is 0. The van der Waals surface area contributed by atoms with Gasteiger partial charge in [-0.3, -0.25) is 0 Å². The number of nitrogens with one attached hydrogen (secondary N) is 1. The standard InChI is InChI=1S/C11H8N2O3/c14-8-4-1-3-7-10(8)12-11(15)13(7)9-5-2-6-16-9/h1-6,14H,(H,12,15). The van der Waals surface area contributed by atoms with Crippen LogP contribution >= 0.6 is 0 Å². The summed E-state index contributed by atoms with van der Waals surface area (Å²) in [5.74, 6) is 0.460. The van der Waals surface area contributed by atoms with Crippen LogP contribution in [0.2, 0.25) is 0 Å². The number of aromatic amines is 1. The SMILES string of the molecule is O=c1[nH]c2c(O)cccc2n1-c1ccco1. The van der Waals surface area contributed by atoms with Crippen LogP contribution in [0.1, 0.15) is 0 Å². The second kappa shape index (κ2) is 3.03. The molecule has 1 aromatic carbocycles. The number of furan rings is 1. The van der Waals surface area contributed by atoms with Gasteiger partial charge in [0.15, 0.2) is 0 Å². The van der Waals surface area contributed by atoms with Gasteiger partial charge in [0.2, 0.25) is 5.88 Å². The van der Waals surface area contributed by atoms with Crippen molar-refractivity contribution >= 4 is 11.0 Å². The molecule has 2 heterocycles. The zero-order valence-corrected chi connectivity index (χ0v) is 8.18. The lowest BCUT2D eigenvalue weighted by molar-refractivity contribution is 0.480. The molecule has 0 unspecified atom stereocenters. The van der Waals surface area contributed by atoms with E-state index in [1.54, 1.807) is 24.3 Å². The van der Waals surface area contributed by atoms with Crippen LogP contribution in [0, 0.1) is 0 Å². The zero-order chi connectivity index (χ0) is 11.1. The number of imidazole rings is 1. The van der Waals surface area contributed by atoms with E-state index in [1.807, 2.05) is 0 Å². The molecule has 0 saturated heterocycles. The second-order valence-electron chi connectivity index (χ2n) is 3.39. The highest BCUT2D eigenvalue weighted by Gasteiger charge is 2.12. The van der Waals surface area contributed by atoms with Gasteiger partial charge in [0, 0.05) is 6.07 Å². The molecule has 0 bridgehead atoms. The molecule has 0 aliphatic heterocycles. The Morgan fingerprint density at radius 2 is 2.12 bits per heavy atom. The van der Waals surface area contributed by atoms with Gasteiger partial charge in [0.1, 0.15) is 11.3 Å².